The highest BCUT2D eigenvalue weighted by Crippen LogP contribution is 2.25. The molecule has 4 rings (SSSR count). The summed E-state index contributed by atoms with van der Waals surface area (Å²) in [7, 11) is 0. The quantitative estimate of drug-likeness (QED) is 0.721. The number of hydrogen-bond donors (Lipinski definition) is 1. The van der Waals surface area contributed by atoms with Crippen molar-refractivity contribution in [3.05, 3.63) is 59.6 Å². The molecule has 1 aromatic carbocycles. The number of aromatic nitrogens is 2. The van der Waals surface area contributed by atoms with E-state index in [1.54, 1.807) is 0 Å². The fourth-order valence-corrected chi connectivity index (χ4v) is 3.96. The molecule has 28 heavy (non-hydrogen) atoms. The average Bonchev–Trinajstić information content (AvgIpc) is 3.18. The van der Waals surface area contributed by atoms with E-state index in [-0.39, 0.29) is 5.91 Å². The van der Waals surface area contributed by atoms with Gasteiger partial charge in [-0.1, -0.05) is 35.9 Å². The van der Waals surface area contributed by atoms with E-state index in [0.717, 1.165) is 43.3 Å². The monoisotopic (exact) mass is 393 g/mol. The van der Waals surface area contributed by atoms with Gasteiger partial charge in [-0.15, -0.1) is 11.3 Å². The number of pyridine rings is 1. The van der Waals surface area contributed by atoms with Crippen molar-refractivity contribution in [2.45, 2.75) is 6.92 Å². The van der Waals surface area contributed by atoms with E-state index in [0.29, 0.717) is 11.7 Å². The molecule has 0 radical (unpaired) electrons. The second-order valence-corrected chi connectivity index (χ2v) is 7.76. The van der Waals surface area contributed by atoms with Crippen LogP contribution in [0, 0.1) is 6.92 Å². The van der Waals surface area contributed by atoms with E-state index in [1.165, 1.54) is 16.9 Å². The van der Waals surface area contributed by atoms with Crippen LogP contribution >= 0.6 is 11.3 Å². The van der Waals surface area contributed by atoms with Gasteiger partial charge in [-0.25, -0.2) is 9.97 Å². The van der Waals surface area contributed by atoms with Gasteiger partial charge in [0.2, 0.25) is 5.91 Å². The van der Waals surface area contributed by atoms with Crippen LogP contribution in [0.15, 0.2) is 54.0 Å². The number of amides is 1. The zero-order valence-electron chi connectivity index (χ0n) is 15.8. The summed E-state index contributed by atoms with van der Waals surface area (Å²) >= 11 is 1.46. The Kier molecular flexibility index (Phi) is 5.64. The smallest absolute Gasteiger partial charge is 0.240 e. The number of nitrogens with zero attached hydrogens (tertiary/aromatic N) is 4. The summed E-state index contributed by atoms with van der Waals surface area (Å²) in [5.41, 5.74) is 3.17. The number of benzene rings is 1. The van der Waals surface area contributed by atoms with Crippen LogP contribution in [-0.2, 0) is 4.79 Å². The largest absolute Gasteiger partial charge is 0.354 e. The molecule has 0 bridgehead atoms. The third-order valence-electron chi connectivity index (χ3n) is 4.81. The highest BCUT2D eigenvalue weighted by molar-refractivity contribution is 7.14. The maximum absolute atomic E-state index is 12.4. The zero-order chi connectivity index (χ0) is 19.3. The lowest BCUT2D eigenvalue weighted by Crippen LogP contribution is -2.48. The van der Waals surface area contributed by atoms with Gasteiger partial charge in [0, 0.05) is 43.3 Å². The van der Waals surface area contributed by atoms with Crippen LogP contribution in [0.4, 0.5) is 10.9 Å². The Morgan fingerprint density at radius 3 is 2.61 bits per heavy atom. The summed E-state index contributed by atoms with van der Waals surface area (Å²) in [5.74, 6) is 0.981. The molecule has 0 spiro atoms. The van der Waals surface area contributed by atoms with Crippen LogP contribution in [0.25, 0.3) is 11.3 Å². The molecule has 3 heterocycles. The molecule has 1 N–H and O–H groups in total. The molecule has 1 fully saturated rings. The van der Waals surface area contributed by atoms with E-state index >= 15 is 0 Å². The van der Waals surface area contributed by atoms with E-state index in [1.807, 2.05) is 29.8 Å². The van der Waals surface area contributed by atoms with Crippen LogP contribution in [0.2, 0.25) is 0 Å². The van der Waals surface area contributed by atoms with Crippen LogP contribution in [0.5, 0.6) is 0 Å². The topological polar surface area (TPSA) is 61.4 Å². The molecule has 0 unspecified atom stereocenters. The Morgan fingerprint density at radius 2 is 1.89 bits per heavy atom. The fraction of sp³-hybridized carbons (Fsp3) is 0.286. The van der Waals surface area contributed by atoms with Crippen molar-refractivity contribution in [1.82, 2.24) is 14.9 Å². The van der Waals surface area contributed by atoms with E-state index in [9.17, 15) is 4.79 Å². The van der Waals surface area contributed by atoms with Crippen LogP contribution in [0.1, 0.15) is 5.56 Å². The van der Waals surface area contributed by atoms with Crippen LogP contribution < -0.4 is 10.2 Å². The van der Waals surface area contributed by atoms with Crippen molar-refractivity contribution in [1.29, 1.82) is 0 Å². The summed E-state index contributed by atoms with van der Waals surface area (Å²) in [6.45, 7) is 5.88. The maximum Gasteiger partial charge on any atom is 0.240 e. The lowest BCUT2D eigenvalue weighted by molar-refractivity contribution is -0.117. The summed E-state index contributed by atoms with van der Waals surface area (Å²) in [4.78, 5) is 25.8. The van der Waals surface area contributed by atoms with Crippen molar-refractivity contribution in [2.75, 3.05) is 42.9 Å². The molecule has 6 nitrogen and oxygen atoms in total. The van der Waals surface area contributed by atoms with Crippen molar-refractivity contribution in [3.8, 4) is 11.3 Å². The molecule has 7 heteroatoms. The van der Waals surface area contributed by atoms with Crippen LogP contribution in [-0.4, -0.2) is 53.5 Å². The molecule has 0 saturated carbocycles. The molecule has 1 amide bonds. The minimum Gasteiger partial charge on any atom is -0.354 e. The molecule has 1 aliphatic heterocycles. The van der Waals surface area contributed by atoms with Crippen molar-refractivity contribution in [3.63, 3.8) is 0 Å². The first-order chi connectivity index (χ1) is 13.7. The molecular weight excluding hydrogens is 370 g/mol. The SMILES string of the molecule is Cc1ccc(-c2csc(NC(=O)CN3CCN(c4ccccn4)CC3)n2)cc1. The van der Waals surface area contributed by atoms with Gasteiger partial charge in [0.05, 0.1) is 12.2 Å². The zero-order valence-corrected chi connectivity index (χ0v) is 16.7. The number of nitrogens with one attached hydrogen (secondary N) is 1. The Labute approximate surface area is 168 Å². The summed E-state index contributed by atoms with van der Waals surface area (Å²) in [6.07, 6.45) is 1.81. The molecule has 1 saturated heterocycles. The van der Waals surface area contributed by atoms with Gasteiger partial charge in [-0.2, -0.15) is 0 Å². The summed E-state index contributed by atoms with van der Waals surface area (Å²) in [5, 5.41) is 5.56. The maximum atomic E-state index is 12.4. The first-order valence-electron chi connectivity index (χ1n) is 9.38. The van der Waals surface area contributed by atoms with Gasteiger partial charge >= 0.3 is 0 Å². The Hall–Kier alpha value is -2.77. The standard InChI is InChI=1S/C21H23N5OS/c1-16-5-7-17(8-6-16)18-15-28-21(23-18)24-20(27)14-25-10-12-26(13-11-25)19-4-2-3-9-22-19/h2-9,15H,10-14H2,1H3,(H,23,24,27). The molecule has 2 aromatic heterocycles. The number of aryl methyl sites for hydroxylation is 1. The number of rotatable bonds is 5. The first kappa shape index (κ1) is 18.6. The fourth-order valence-electron chi connectivity index (χ4n) is 3.23. The lowest BCUT2D eigenvalue weighted by atomic mass is 10.1. The predicted octanol–water partition coefficient (Wildman–Crippen LogP) is 3.27. The minimum absolute atomic E-state index is 0.0175. The number of thiazole rings is 1. The number of anilines is 2. The molecule has 1 aliphatic rings. The number of hydrogen-bond acceptors (Lipinski definition) is 6. The highest BCUT2D eigenvalue weighted by Gasteiger charge is 2.20. The second kappa shape index (κ2) is 8.50. The van der Waals surface area contributed by atoms with Gasteiger partial charge in [0.1, 0.15) is 5.82 Å². The average molecular weight is 394 g/mol. The lowest BCUT2D eigenvalue weighted by Gasteiger charge is -2.34. The molecular formula is C21H23N5OS. The van der Waals surface area contributed by atoms with Gasteiger partial charge in [0.15, 0.2) is 5.13 Å². The molecule has 0 atom stereocenters. The van der Waals surface area contributed by atoms with Crippen molar-refractivity contribution < 1.29 is 4.79 Å². The molecule has 0 aliphatic carbocycles. The van der Waals surface area contributed by atoms with Crippen molar-refractivity contribution >= 4 is 28.2 Å². The Bertz CT molecular complexity index is 917. The number of carbonyl (C=O) groups excluding carboxylic acids is 1. The van der Waals surface area contributed by atoms with Crippen LogP contribution in [0.3, 0.4) is 0 Å². The minimum atomic E-state index is -0.0175. The third kappa shape index (κ3) is 4.55. The third-order valence-corrected chi connectivity index (χ3v) is 5.57. The Balaban J connectivity index is 1.28. The van der Waals surface area contributed by atoms with Gasteiger partial charge in [-0.3, -0.25) is 9.69 Å². The molecule has 3 aromatic rings. The first-order valence-corrected chi connectivity index (χ1v) is 10.3. The molecule has 144 valence electrons. The van der Waals surface area contributed by atoms with Crippen molar-refractivity contribution in [2.24, 2.45) is 0 Å². The van der Waals surface area contributed by atoms with Gasteiger partial charge < -0.3 is 10.2 Å². The second-order valence-electron chi connectivity index (χ2n) is 6.90. The predicted molar refractivity (Wildman–Crippen MR) is 114 cm³/mol. The van der Waals surface area contributed by atoms with E-state index in [2.05, 4.69) is 56.3 Å². The summed E-state index contributed by atoms with van der Waals surface area (Å²) < 4.78 is 0. The number of piperazine rings is 1. The summed E-state index contributed by atoms with van der Waals surface area (Å²) in [6, 6.07) is 14.2. The van der Waals surface area contributed by atoms with E-state index in [4.69, 9.17) is 0 Å². The Morgan fingerprint density at radius 1 is 1.11 bits per heavy atom. The van der Waals surface area contributed by atoms with Gasteiger partial charge in [0.25, 0.3) is 0 Å². The highest BCUT2D eigenvalue weighted by atomic mass is 32.1. The van der Waals surface area contributed by atoms with E-state index < -0.39 is 0 Å². The number of carbonyl (C=O) groups is 1. The normalized spacial score (nSPS) is 14.8. The van der Waals surface area contributed by atoms with Gasteiger partial charge in [-0.05, 0) is 19.1 Å².